The number of carbonyl (C=O) groups is 1. The van der Waals surface area contributed by atoms with E-state index < -0.39 is 17.6 Å². The largest absolute Gasteiger partial charge is 0.417 e. The average Bonchev–Trinajstić information content (AvgIpc) is 3.16. The normalized spacial score (nSPS) is 18.7. The van der Waals surface area contributed by atoms with Crippen LogP contribution in [-0.2, 0) is 6.18 Å². The maximum atomic E-state index is 13.0. The molecule has 1 atom stereocenters. The smallest absolute Gasteiger partial charge is 0.336 e. The summed E-state index contributed by atoms with van der Waals surface area (Å²) >= 11 is 0. The molecule has 4 nitrogen and oxygen atoms in total. The monoisotopic (exact) mass is 309 g/mol. The van der Waals surface area contributed by atoms with Gasteiger partial charge >= 0.3 is 6.18 Å². The van der Waals surface area contributed by atoms with Crippen LogP contribution in [0.1, 0.15) is 28.4 Å². The van der Waals surface area contributed by atoms with Crippen LogP contribution in [0.3, 0.4) is 0 Å². The molecule has 0 N–H and O–H groups in total. The van der Waals surface area contributed by atoms with Gasteiger partial charge < -0.3 is 4.90 Å². The highest BCUT2D eigenvalue weighted by Crippen LogP contribution is 2.33. The number of halogens is 3. The fraction of sp³-hybridized carbons (Fsp3) is 0.333. The third-order valence-corrected chi connectivity index (χ3v) is 3.81. The second-order valence-electron chi connectivity index (χ2n) is 5.22. The molecule has 1 aromatic heterocycles. The first-order valence-electron chi connectivity index (χ1n) is 6.91. The van der Waals surface area contributed by atoms with Crippen molar-refractivity contribution in [1.82, 2.24) is 14.7 Å². The van der Waals surface area contributed by atoms with Crippen LogP contribution in [-0.4, -0.2) is 33.7 Å². The van der Waals surface area contributed by atoms with Crippen LogP contribution in [0, 0.1) is 0 Å². The van der Waals surface area contributed by atoms with Gasteiger partial charge in [-0.3, -0.25) is 9.48 Å². The summed E-state index contributed by atoms with van der Waals surface area (Å²) in [5.41, 5.74) is -1.18. The van der Waals surface area contributed by atoms with E-state index in [0.717, 1.165) is 6.07 Å². The molecule has 3 rings (SSSR count). The zero-order chi connectivity index (χ0) is 15.7. The van der Waals surface area contributed by atoms with Crippen LogP contribution in [0.25, 0.3) is 0 Å². The third kappa shape index (κ3) is 2.70. The van der Waals surface area contributed by atoms with Crippen molar-refractivity contribution in [3.63, 3.8) is 0 Å². The molecular formula is C15H14F3N3O. The van der Waals surface area contributed by atoms with Gasteiger partial charge in [-0.25, -0.2) is 0 Å². The quantitative estimate of drug-likeness (QED) is 0.855. The fourth-order valence-electron chi connectivity index (χ4n) is 2.73. The predicted molar refractivity (Wildman–Crippen MR) is 73.2 cm³/mol. The molecule has 1 amide bonds. The summed E-state index contributed by atoms with van der Waals surface area (Å²) in [6, 6.07) is 6.70. The molecule has 1 unspecified atom stereocenters. The molecule has 22 heavy (non-hydrogen) atoms. The molecule has 1 aliphatic heterocycles. The van der Waals surface area contributed by atoms with Crippen LogP contribution in [0.2, 0.25) is 0 Å². The number of hydrogen-bond donors (Lipinski definition) is 0. The Labute approximate surface area is 125 Å². The summed E-state index contributed by atoms with van der Waals surface area (Å²) < 4.78 is 40.8. The molecule has 1 aromatic carbocycles. The highest BCUT2D eigenvalue weighted by molar-refractivity contribution is 5.96. The summed E-state index contributed by atoms with van der Waals surface area (Å²) in [5, 5.41) is 4.12. The Morgan fingerprint density at radius 1 is 1.23 bits per heavy atom. The van der Waals surface area contributed by atoms with Gasteiger partial charge in [0.2, 0.25) is 0 Å². The number of benzene rings is 1. The second-order valence-corrected chi connectivity index (χ2v) is 5.22. The van der Waals surface area contributed by atoms with Gasteiger partial charge in [0.1, 0.15) is 0 Å². The number of alkyl halides is 3. The summed E-state index contributed by atoms with van der Waals surface area (Å²) in [7, 11) is 0. The maximum absolute atomic E-state index is 13.0. The molecule has 1 saturated heterocycles. The number of aromatic nitrogens is 2. The van der Waals surface area contributed by atoms with E-state index in [4.69, 9.17) is 0 Å². The van der Waals surface area contributed by atoms with Crippen molar-refractivity contribution in [2.45, 2.75) is 18.6 Å². The van der Waals surface area contributed by atoms with E-state index in [1.54, 1.807) is 23.1 Å². The Morgan fingerprint density at radius 3 is 2.68 bits per heavy atom. The van der Waals surface area contributed by atoms with E-state index in [1.807, 2.05) is 0 Å². The number of hydrogen-bond acceptors (Lipinski definition) is 2. The van der Waals surface area contributed by atoms with Gasteiger partial charge in [-0.1, -0.05) is 12.1 Å². The first-order valence-corrected chi connectivity index (χ1v) is 6.91. The van der Waals surface area contributed by atoms with E-state index >= 15 is 0 Å². The Balaban J connectivity index is 1.81. The molecule has 0 spiro atoms. The van der Waals surface area contributed by atoms with Gasteiger partial charge in [0, 0.05) is 25.5 Å². The summed E-state index contributed by atoms with van der Waals surface area (Å²) in [5.74, 6) is -0.581. The highest BCUT2D eigenvalue weighted by atomic mass is 19.4. The Kier molecular flexibility index (Phi) is 3.64. The minimum atomic E-state index is -4.53. The number of likely N-dealkylation sites (tertiary alicyclic amines) is 1. The average molecular weight is 309 g/mol. The van der Waals surface area contributed by atoms with Crippen LogP contribution < -0.4 is 0 Å². The Hall–Kier alpha value is -2.31. The van der Waals surface area contributed by atoms with Gasteiger partial charge in [0.25, 0.3) is 5.91 Å². The zero-order valence-corrected chi connectivity index (χ0v) is 11.6. The van der Waals surface area contributed by atoms with Crippen molar-refractivity contribution in [1.29, 1.82) is 0 Å². The summed E-state index contributed by atoms with van der Waals surface area (Å²) in [6.45, 7) is 0.794. The highest BCUT2D eigenvalue weighted by Gasteiger charge is 2.37. The van der Waals surface area contributed by atoms with Gasteiger partial charge in [-0.2, -0.15) is 18.3 Å². The molecule has 7 heteroatoms. The third-order valence-electron chi connectivity index (χ3n) is 3.81. The molecule has 2 aromatic rings. The molecule has 0 saturated carbocycles. The van der Waals surface area contributed by atoms with Gasteiger partial charge in [0.05, 0.1) is 17.2 Å². The SMILES string of the molecule is O=C(c1ccccc1C(F)(F)F)N1CCC(n2cccn2)C1. The molecule has 0 bridgehead atoms. The van der Waals surface area contributed by atoms with Crippen molar-refractivity contribution in [2.75, 3.05) is 13.1 Å². The molecule has 0 radical (unpaired) electrons. The number of rotatable bonds is 2. The van der Waals surface area contributed by atoms with Crippen LogP contribution in [0.15, 0.2) is 42.7 Å². The van der Waals surface area contributed by atoms with E-state index in [9.17, 15) is 18.0 Å². The Morgan fingerprint density at radius 2 is 2.00 bits per heavy atom. The second kappa shape index (κ2) is 5.47. The number of nitrogens with zero attached hydrogens (tertiary/aromatic N) is 3. The van der Waals surface area contributed by atoms with Crippen molar-refractivity contribution < 1.29 is 18.0 Å². The first kappa shape index (κ1) is 14.6. The van der Waals surface area contributed by atoms with Crippen molar-refractivity contribution in [2.24, 2.45) is 0 Å². The Bertz CT molecular complexity index is 667. The molecule has 1 fully saturated rings. The van der Waals surface area contributed by atoms with Gasteiger partial charge in [0.15, 0.2) is 0 Å². The standard InChI is InChI=1S/C15H14F3N3O/c16-15(17,18)13-5-2-1-4-12(13)14(22)20-9-6-11(10-20)21-8-3-7-19-21/h1-5,7-8,11H,6,9-10H2. The minimum Gasteiger partial charge on any atom is -0.336 e. The zero-order valence-electron chi connectivity index (χ0n) is 11.6. The van der Waals surface area contributed by atoms with Crippen LogP contribution in [0.4, 0.5) is 13.2 Å². The van der Waals surface area contributed by atoms with Crippen LogP contribution in [0.5, 0.6) is 0 Å². The van der Waals surface area contributed by atoms with Crippen molar-refractivity contribution in [3.8, 4) is 0 Å². The summed E-state index contributed by atoms with van der Waals surface area (Å²) in [4.78, 5) is 13.9. The first-order chi connectivity index (χ1) is 10.5. The molecule has 116 valence electrons. The molecular weight excluding hydrogens is 295 g/mol. The molecule has 2 heterocycles. The lowest BCUT2D eigenvalue weighted by atomic mass is 10.1. The maximum Gasteiger partial charge on any atom is 0.417 e. The molecule has 0 aliphatic carbocycles. The minimum absolute atomic E-state index is 0.0111. The van der Waals surface area contributed by atoms with Crippen molar-refractivity contribution in [3.05, 3.63) is 53.9 Å². The topological polar surface area (TPSA) is 38.1 Å². The number of carbonyl (C=O) groups excluding carboxylic acids is 1. The molecule has 1 aliphatic rings. The predicted octanol–water partition coefficient (Wildman–Crippen LogP) is 2.99. The van der Waals surface area contributed by atoms with Gasteiger partial charge in [-0.15, -0.1) is 0 Å². The number of amides is 1. The lowest BCUT2D eigenvalue weighted by molar-refractivity contribution is -0.138. The lowest BCUT2D eigenvalue weighted by Gasteiger charge is -2.19. The summed E-state index contributed by atoms with van der Waals surface area (Å²) in [6.07, 6.45) is -0.416. The van der Waals surface area contributed by atoms with Gasteiger partial charge in [-0.05, 0) is 24.6 Å². The van der Waals surface area contributed by atoms with Crippen molar-refractivity contribution >= 4 is 5.91 Å². The lowest BCUT2D eigenvalue weighted by Crippen LogP contribution is -2.31. The van der Waals surface area contributed by atoms with E-state index in [2.05, 4.69) is 5.10 Å². The van der Waals surface area contributed by atoms with Crippen LogP contribution >= 0.6 is 0 Å². The van der Waals surface area contributed by atoms with E-state index in [-0.39, 0.29) is 11.6 Å². The van der Waals surface area contributed by atoms with E-state index in [0.29, 0.717) is 19.5 Å². The van der Waals surface area contributed by atoms with E-state index in [1.165, 1.54) is 23.1 Å². The fourth-order valence-corrected chi connectivity index (χ4v) is 2.73.